The predicted molar refractivity (Wildman–Crippen MR) is 85.6 cm³/mol. The van der Waals surface area contributed by atoms with E-state index in [4.69, 9.17) is 4.42 Å². The van der Waals surface area contributed by atoms with Crippen LogP contribution in [0.1, 0.15) is 10.4 Å². The number of carbonyl (C=O) groups excluding carboxylic acids is 1. The molecule has 0 aliphatic rings. The molecule has 2 N–H and O–H groups in total. The summed E-state index contributed by atoms with van der Waals surface area (Å²) in [6, 6.07) is 9.41. The Morgan fingerprint density at radius 2 is 2.08 bits per heavy atom. The first-order valence-corrected chi connectivity index (χ1v) is 7.23. The minimum Gasteiger partial charge on any atom is -0.463 e. The third-order valence-electron chi connectivity index (χ3n) is 3.31. The van der Waals surface area contributed by atoms with Crippen LogP contribution in [0.15, 0.2) is 62.9 Å². The number of aromatic amines is 1. The van der Waals surface area contributed by atoms with Crippen molar-refractivity contribution in [1.82, 2.24) is 20.1 Å². The topological polar surface area (TPSA) is 110 Å². The monoisotopic (exact) mass is 326 g/mol. The Morgan fingerprint density at radius 1 is 1.21 bits per heavy atom. The Labute approximate surface area is 135 Å². The second-order valence-corrected chi connectivity index (χ2v) is 4.93. The maximum Gasteiger partial charge on any atom is 0.266 e. The van der Waals surface area contributed by atoms with Crippen molar-refractivity contribution >= 4 is 5.91 Å². The van der Waals surface area contributed by atoms with Gasteiger partial charge in [0, 0.05) is 18.8 Å². The van der Waals surface area contributed by atoms with Crippen LogP contribution < -0.4 is 16.4 Å². The lowest BCUT2D eigenvalue weighted by Crippen LogP contribution is -2.34. The molecule has 3 rings (SSSR count). The maximum atomic E-state index is 11.9. The molecule has 122 valence electrons. The number of rotatable bonds is 5. The number of aromatic nitrogens is 3. The number of carbonyl (C=O) groups is 1. The highest BCUT2D eigenvalue weighted by molar-refractivity contribution is 5.93. The lowest BCUT2D eigenvalue weighted by molar-refractivity contribution is 0.0950. The molecule has 0 aliphatic heterocycles. The first kappa shape index (κ1) is 15.5. The van der Waals surface area contributed by atoms with E-state index in [2.05, 4.69) is 15.4 Å². The van der Waals surface area contributed by atoms with Crippen molar-refractivity contribution in [3.05, 3.63) is 75.1 Å². The van der Waals surface area contributed by atoms with Crippen LogP contribution in [0.4, 0.5) is 0 Å². The summed E-state index contributed by atoms with van der Waals surface area (Å²) in [5.41, 5.74) is -0.227. The van der Waals surface area contributed by atoms with Crippen LogP contribution in [0.2, 0.25) is 0 Å². The van der Waals surface area contributed by atoms with Gasteiger partial charge in [-0.25, -0.2) is 4.68 Å². The Kier molecular flexibility index (Phi) is 4.37. The van der Waals surface area contributed by atoms with Crippen molar-refractivity contribution in [2.24, 2.45) is 0 Å². The number of nitrogens with zero attached hydrogens (tertiary/aromatic N) is 2. The highest BCUT2D eigenvalue weighted by atomic mass is 16.3. The normalized spacial score (nSPS) is 10.5. The van der Waals surface area contributed by atoms with E-state index in [0.717, 1.165) is 0 Å². The number of H-pyrrole nitrogens is 1. The van der Waals surface area contributed by atoms with Crippen molar-refractivity contribution in [2.45, 2.75) is 6.54 Å². The van der Waals surface area contributed by atoms with Crippen LogP contribution >= 0.6 is 0 Å². The van der Waals surface area contributed by atoms with Gasteiger partial charge in [0.1, 0.15) is 11.3 Å². The van der Waals surface area contributed by atoms with Gasteiger partial charge in [-0.2, -0.15) is 5.10 Å². The molecule has 3 aromatic heterocycles. The van der Waals surface area contributed by atoms with E-state index < -0.39 is 11.5 Å². The van der Waals surface area contributed by atoms with E-state index in [1.807, 2.05) is 0 Å². The fraction of sp³-hybridized carbons (Fsp3) is 0.125. The highest BCUT2D eigenvalue weighted by Crippen LogP contribution is 2.14. The average molecular weight is 326 g/mol. The van der Waals surface area contributed by atoms with Crippen LogP contribution in [-0.2, 0) is 6.54 Å². The van der Waals surface area contributed by atoms with Gasteiger partial charge in [-0.3, -0.25) is 14.4 Å². The van der Waals surface area contributed by atoms with Crippen molar-refractivity contribution < 1.29 is 9.21 Å². The molecule has 0 fully saturated rings. The number of hydrogen-bond donors (Lipinski definition) is 2. The van der Waals surface area contributed by atoms with Gasteiger partial charge in [-0.1, -0.05) is 0 Å². The number of nitrogens with one attached hydrogen (secondary N) is 2. The van der Waals surface area contributed by atoms with Gasteiger partial charge in [-0.15, -0.1) is 0 Å². The summed E-state index contributed by atoms with van der Waals surface area (Å²) >= 11 is 0. The second kappa shape index (κ2) is 6.78. The summed E-state index contributed by atoms with van der Waals surface area (Å²) in [7, 11) is 0. The standard InChI is InChI=1S/C16H14N4O4/c21-14-6-5-12(13-4-2-10-24-13)19-20(14)9-8-18-16(23)11-3-1-7-17-15(11)22/h1-7,10H,8-9H2,(H,17,22)(H,18,23). The number of pyridine rings is 1. The van der Waals surface area contributed by atoms with Gasteiger partial charge in [0.05, 0.1) is 12.8 Å². The lowest BCUT2D eigenvalue weighted by atomic mass is 10.2. The van der Waals surface area contributed by atoms with Gasteiger partial charge >= 0.3 is 0 Å². The van der Waals surface area contributed by atoms with Gasteiger partial charge in [0.25, 0.3) is 17.0 Å². The van der Waals surface area contributed by atoms with E-state index in [9.17, 15) is 14.4 Å². The Balaban J connectivity index is 1.68. The summed E-state index contributed by atoms with van der Waals surface area (Å²) in [5, 5.41) is 6.78. The minimum absolute atomic E-state index is 0.0159. The van der Waals surface area contributed by atoms with Gasteiger partial charge < -0.3 is 14.7 Å². The van der Waals surface area contributed by atoms with Crippen molar-refractivity contribution in [3.63, 3.8) is 0 Å². The smallest absolute Gasteiger partial charge is 0.266 e. The summed E-state index contributed by atoms with van der Waals surface area (Å²) in [5.74, 6) is 0.0377. The van der Waals surface area contributed by atoms with Crippen LogP contribution in [0.25, 0.3) is 11.5 Å². The lowest BCUT2D eigenvalue weighted by Gasteiger charge is -2.07. The van der Waals surface area contributed by atoms with Gasteiger partial charge in [0.2, 0.25) is 0 Å². The number of furan rings is 1. The van der Waals surface area contributed by atoms with E-state index in [-0.39, 0.29) is 24.2 Å². The molecule has 3 heterocycles. The quantitative estimate of drug-likeness (QED) is 0.714. The number of amides is 1. The molecule has 0 saturated carbocycles. The molecule has 1 amide bonds. The summed E-state index contributed by atoms with van der Waals surface area (Å²) in [6.07, 6.45) is 2.97. The Hall–Kier alpha value is -3.42. The molecular formula is C16H14N4O4. The molecule has 0 bridgehead atoms. The summed E-state index contributed by atoms with van der Waals surface area (Å²) in [4.78, 5) is 37.7. The zero-order chi connectivity index (χ0) is 16.9. The predicted octanol–water partition coefficient (Wildman–Crippen LogP) is 0.622. The second-order valence-electron chi connectivity index (χ2n) is 4.93. The molecular weight excluding hydrogens is 312 g/mol. The average Bonchev–Trinajstić information content (AvgIpc) is 3.11. The van der Waals surface area contributed by atoms with Crippen LogP contribution in [-0.4, -0.2) is 27.2 Å². The van der Waals surface area contributed by atoms with E-state index in [1.165, 1.54) is 29.3 Å². The molecule has 24 heavy (non-hydrogen) atoms. The zero-order valence-electron chi connectivity index (χ0n) is 12.6. The molecule has 0 saturated heterocycles. The Bertz CT molecular complexity index is 956. The van der Waals surface area contributed by atoms with Crippen molar-refractivity contribution in [3.8, 4) is 11.5 Å². The third-order valence-corrected chi connectivity index (χ3v) is 3.31. The van der Waals surface area contributed by atoms with E-state index in [1.54, 1.807) is 24.3 Å². The zero-order valence-corrected chi connectivity index (χ0v) is 12.6. The SMILES string of the molecule is O=C(NCCn1nc(-c2ccco2)ccc1=O)c1ccc[nH]c1=O. The Morgan fingerprint density at radius 3 is 2.83 bits per heavy atom. The van der Waals surface area contributed by atoms with E-state index in [0.29, 0.717) is 11.5 Å². The van der Waals surface area contributed by atoms with Crippen molar-refractivity contribution in [1.29, 1.82) is 0 Å². The molecule has 0 aromatic carbocycles. The minimum atomic E-state index is -0.507. The molecule has 8 heteroatoms. The third kappa shape index (κ3) is 3.32. The maximum absolute atomic E-state index is 11.9. The van der Waals surface area contributed by atoms with Gasteiger partial charge in [0.15, 0.2) is 5.76 Å². The molecule has 0 radical (unpaired) electrons. The fourth-order valence-electron chi connectivity index (χ4n) is 2.14. The molecule has 0 unspecified atom stereocenters. The number of hydrogen-bond acceptors (Lipinski definition) is 5. The highest BCUT2D eigenvalue weighted by Gasteiger charge is 2.10. The fourth-order valence-corrected chi connectivity index (χ4v) is 2.14. The van der Waals surface area contributed by atoms with Crippen LogP contribution in [0, 0.1) is 0 Å². The largest absolute Gasteiger partial charge is 0.463 e. The van der Waals surface area contributed by atoms with Crippen molar-refractivity contribution in [2.75, 3.05) is 6.54 Å². The molecule has 3 aromatic rings. The molecule has 8 nitrogen and oxygen atoms in total. The molecule has 0 aliphatic carbocycles. The van der Waals surface area contributed by atoms with Crippen LogP contribution in [0.3, 0.4) is 0 Å². The first-order valence-electron chi connectivity index (χ1n) is 7.23. The molecule has 0 atom stereocenters. The van der Waals surface area contributed by atoms with E-state index >= 15 is 0 Å². The van der Waals surface area contributed by atoms with Gasteiger partial charge in [-0.05, 0) is 30.3 Å². The molecule has 0 spiro atoms. The summed E-state index contributed by atoms with van der Waals surface area (Å²) < 4.78 is 6.47. The summed E-state index contributed by atoms with van der Waals surface area (Å²) in [6.45, 7) is 0.325. The van der Waals surface area contributed by atoms with Crippen LogP contribution in [0.5, 0.6) is 0 Å². The first-order chi connectivity index (χ1) is 11.6.